The van der Waals surface area contributed by atoms with Crippen LogP contribution in [0.15, 0.2) is 28.4 Å². The van der Waals surface area contributed by atoms with Crippen molar-refractivity contribution in [3.63, 3.8) is 0 Å². The molecule has 0 aliphatic rings. The Hall–Kier alpha value is -1.51. The maximum Gasteiger partial charge on any atom is 0.126 e. The molecule has 0 unspecified atom stereocenters. The van der Waals surface area contributed by atoms with Gasteiger partial charge in [-0.25, -0.2) is 0 Å². The molecule has 1 rings (SSSR count). The number of hydrogen-bond acceptors (Lipinski definition) is 2. The van der Waals surface area contributed by atoms with Crippen LogP contribution >= 0.6 is 0 Å². The van der Waals surface area contributed by atoms with E-state index < -0.39 is 0 Å². The Morgan fingerprint density at radius 3 is 3.00 bits per heavy atom. The summed E-state index contributed by atoms with van der Waals surface area (Å²) in [6.45, 7) is 1.92. The van der Waals surface area contributed by atoms with Crippen molar-refractivity contribution in [1.29, 1.82) is 5.41 Å². The molecule has 0 saturated carbocycles. The number of furan rings is 1. The Morgan fingerprint density at radius 1 is 1.75 bits per heavy atom. The van der Waals surface area contributed by atoms with E-state index >= 15 is 0 Å². The lowest BCUT2D eigenvalue weighted by Gasteiger charge is -1.96. The van der Waals surface area contributed by atoms with E-state index in [0.717, 1.165) is 11.3 Å². The zero-order valence-corrected chi connectivity index (χ0v) is 7.00. The van der Waals surface area contributed by atoms with Gasteiger partial charge in [0.15, 0.2) is 0 Å². The van der Waals surface area contributed by atoms with Gasteiger partial charge in [-0.3, -0.25) is 5.41 Å². The lowest BCUT2D eigenvalue weighted by Crippen LogP contribution is -2.08. The largest absolute Gasteiger partial charge is 0.465 e. The molecule has 0 saturated heterocycles. The van der Waals surface area contributed by atoms with Crippen LogP contribution in [-0.2, 0) is 0 Å². The molecule has 0 bridgehead atoms. The molecule has 0 spiro atoms. The predicted octanol–water partition coefficient (Wildman–Crippen LogP) is 2.01. The zero-order valence-electron chi connectivity index (χ0n) is 7.00. The topological polar surface area (TPSA) is 63.0 Å². The molecule has 0 radical (unpaired) electrons. The minimum absolute atomic E-state index is 0.176. The summed E-state index contributed by atoms with van der Waals surface area (Å²) in [7, 11) is 0. The van der Waals surface area contributed by atoms with E-state index in [1.54, 1.807) is 6.26 Å². The van der Waals surface area contributed by atoms with Crippen molar-refractivity contribution in [3.05, 3.63) is 29.7 Å². The number of nitrogens with one attached hydrogen (secondary N) is 1. The fourth-order valence-corrected chi connectivity index (χ4v) is 0.968. The molecule has 0 aliphatic carbocycles. The van der Waals surface area contributed by atoms with Gasteiger partial charge in [0.25, 0.3) is 0 Å². The molecule has 3 heteroatoms. The fourth-order valence-electron chi connectivity index (χ4n) is 0.968. The summed E-state index contributed by atoms with van der Waals surface area (Å²) < 4.78 is 5.10. The van der Waals surface area contributed by atoms with Crippen LogP contribution in [0.25, 0.3) is 6.08 Å². The van der Waals surface area contributed by atoms with Gasteiger partial charge >= 0.3 is 0 Å². The van der Waals surface area contributed by atoms with Crippen LogP contribution in [0.5, 0.6) is 0 Å². The van der Waals surface area contributed by atoms with Gasteiger partial charge in [0.1, 0.15) is 5.76 Å². The van der Waals surface area contributed by atoms with E-state index in [1.807, 2.05) is 25.1 Å². The molecule has 3 nitrogen and oxygen atoms in total. The number of rotatable bonds is 3. The number of nitrogens with two attached hydrogens (primary N) is 1. The molecular weight excluding hydrogens is 152 g/mol. The van der Waals surface area contributed by atoms with Crippen LogP contribution in [0.1, 0.15) is 19.1 Å². The first kappa shape index (κ1) is 8.59. The molecule has 0 fully saturated rings. The highest BCUT2D eigenvalue weighted by atomic mass is 16.3. The van der Waals surface area contributed by atoms with Crippen LogP contribution in [0.2, 0.25) is 0 Å². The number of hydrogen-bond donors (Lipinski definition) is 2. The molecule has 12 heavy (non-hydrogen) atoms. The molecule has 0 aromatic carbocycles. The lowest BCUT2D eigenvalue weighted by atomic mass is 10.2. The molecule has 0 amide bonds. The lowest BCUT2D eigenvalue weighted by molar-refractivity contribution is 0.556. The highest BCUT2D eigenvalue weighted by molar-refractivity contribution is 5.80. The monoisotopic (exact) mass is 164 g/mol. The van der Waals surface area contributed by atoms with Crippen molar-refractivity contribution in [2.24, 2.45) is 5.73 Å². The summed E-state index contributed by atoms with van der Waals surface area (Å²) in [5.74, 6) is 0.976. The molecule has 0 aliphatic heterocycles. The fraction of sp³-hybridized carbons (Fsp3) is 0.222. The quantitative estimate of drug-likeness (QED) is 0.530. The van der Waals surface area contributed by atoms with Gasteiger partial charge in [0.2, 0.25) is 0 Å². The highest BCUT2D eigenvalue weighted by Crippen LogP contribution is 2.08. The smallest absolute Gasteiger partial charge is 0.126 e. The molecule has 64 valence electrons. The third-order valence-corrected chi connectivity index (χ3v) is 1.40. The van der Waals surface area contributed by atoms with Crippen LogP contribution in [-0.4, -0.2) is 5.84 Å². The second kappa shape index (κ2) is 3.76. The summed E-state index contributed by atoms with van der Waals surface area (Å²) in [5, 5.41) is 7.06. The van der Waals surface area contributed by atoms with Crippen LogP contribution in [0, 0.1) is 5.41 Å². The van der Waals surface area contributed by atoms with Gasteiger partial charge in [0, 0.05) is 6.42 Å². The standard InChI is InChI=1S/C9H12N2O/c1-7(6-9(10)11)5-8-3-2-4-12-8/h2-5H,6H2,1H3,(H3,10,11)/b7-5+. The van der Waals surface area contributed by atoms with Gasteiger partial charge in [-0.2, -0.15) is 0 Å². The van der Waals surface area contributed by atoms with Gasteiger partial charge in [-0.1, -0.05) is 5.57 Å². The van der Waals surface area contributed by atoms with Crippen molar-refractivity contribution in [3.8, 4) is 0 Å². The minimum Gasteiger partial charge on any atom is -0.465 e. The minimum atomic E-state index is 0.176. The Kier molecular flexibility index (Phi) is 2.69. The van der Waals surface area contributed by atoms with E-state index in [0.29, 0.717) is 6.42 Å². The maximum absolute atomic E-state index is 7.06. The number of amidine groups is 1. The van der Waals surface area contributed by atoms with Gasteiger partial charge in [0.05, 0.1) is 12.1 Å². The zero-order chi connectivity index (χ0) is 8.97. The van der Waals surface area contributed by atoms with Gasteiger partial charge < -0.3 is 10.2 Å². The average molecular weight is 164 g/mol. The second-order valence-corrected chi connectivity index (χ2v) is 2.71. The van der Waals surface area contributed by atoms with Crippen molar-refractivity contribution in [1.82, 2.24) is 0 Å². The second-order valence-electron chi connectivity index (χ2n) is 2.71. The van der Waals surface area contributed by atoms with E-state index in [2.05, 4.69) is 0 Å². The maximum atomic E-state index is 7.06. The summed E-state index contributed by atoms with van der Waals surface area (Å²) in [4.78, 5) is 0. The first-order chi connectivity index (χ1) is 5.68. The van der Waals surface area contributed by atoms with Crippen molar-refractivity contribution in [2.45, 2.75) is 13.3 Å². The van der Waals surface area contributed by atoms with E-state index in [-0.39, 0.29) is 5.84 Å². The van der Waals surface area contributed by atoms with E-state index in [1.165, 1.54) is 0 Å². The van der Waals surface area contributed by atoms with Crippen LogP contribution in [0.3, 0.4) is 0 Å². The highest BCUT2D eigenvalue weighted by Gasteiger charge is 1.94. The summed E-state index contributed by atoms with van der Waals surface area (Å²) in [5.41, 5.74) is 6.26. The van der Waals surface area contributed by atoms with Crippen molar-refractivity contribution >= 4 is 11.9 Å². The van der Waals surface area contributed by atoms with Crippen molar-refractivity contribution < 1.29 is 4.42 Å². The van der Waals surface area contributed by atoms with Gasteiger partial charge in [-0.15, -0.1) is 0 Å². The Labute approximate surface area is 71.4 Å². The first-order valence-corrected chi connectivity index (χ1v) is 3.72. The molecule has 3 N–H and O–H groups in total. The third kappa shape index (κ3) is 2.62. The van der Waals surface area contributed by atoms with E-state index in [9.17, 15) is 0 Å². The summed E-state index contributed by atoms with van der Waals surface area (Å²) in [6, 6.07) is 3.69. The van der Waals surface area contributed by atoms with Crippen molar-refractivity contribution in [2.75, 3.05) is 0 Å². The Bertz CT molecular complexity index is 285. The summed E-state index contributed by atoms with van der Waals surface area (Å²) in [6.07, 6.45) is 4.00. The third-order valence-electron chi connectivity index (χ3n) is 1.40. The first-order valence-electron chi connectivity index (χ1n) is 3.72. The van der Waals surface area contributed by atoms with Crippen LogP contribution < -0.4 is 5.73 Å². The Morgan fingerprint density at radius 2 is 2.50 bits per heavy atom. The predicted molar refractivity (Wildman–Crippen MR) is 48.9 cm³/mol. The SMILES string of the molecule is C/C(=C\c1ccco1)CC(=N)N. The van der Waals surface area contributed by atoms with E-state index in [4.69, 9.17) is 15.6 Å². The van der Waals surface area contributed by atoms with Crippen LogP contribution in [0.4, 0.5) is 0 Å². The van der Waals surface area contributed by atoms with Gasteiger partial charge in [-0.05, 0) is 25.1 Å². The Balaban J connectivity index is 2.63. The average Bonchev–Trinajstić information content (AvgIpc) is 2.37. The molecule has 0 atom stereocenters. The molecule has 1 heterocycles. The normalized spacial score (nSPS) is 11.6. The molecular formula is C9H12N2O. The summed E-state index contributed by atoms with van der Waals surface area (Å²) >= 11 is 0. The molecule has 1 aromatic rings. The molecule has 1 aromatic heterocycles.